The number of carbonyl (C=O) groups excluding carboxylic acids is 1. The van der Waals surface area contributed by atoms with Crippen LogP contribution >= 0.6 is 12.2 Å². The van der Waals surface area contributed by atoms with Crippen molar-refractivity contribution in [3.05, 3.63) is 108 Å². The van der Waals surface area contributed by atoms with Crippen molar-refractivity contribution in [2.24, 2.45) is 0 Å². The molecule has 1 fully saturated rings. The van der Waals surface area contributed by atoms with Crippen LogP contribution in [0.15, 0.2) is 85.1 Å². The van der Waals surface area contributed by atoms with Gasteiger partial charge in [0.2, 0.25) is 5.91 Å². The summed E-state index contributed by atoms with van der Waals surface area (Å²) in [6.45, 7) is 4.56. The Kier molecular flexibility index (Phi) is 7.42. The van der Waals surface area contributed by atoms with Gasteiger partial charge in [0, 0.05) is 41.9 Å². The van der Waals surface area contributed by atoms with Crippen molar-refractivity contribution < 1.29 is 9.53 Å². The van der Waals surface area contributed by atoms with E-state index in [1.54, 1.807) is 13.3 Å². The van der Waals surface area contributed by atoms with Crippen molar-refractivity contribution in [2.45, 2.75) is 32.4 Å². The quantitative estimate of drug-likeness (QED) is 0.296. The van der Waals surface area contributed by atoms with E-state index in [1.807, 2.05) is 73.7 Å². The average Bonchev–Trinajstić information content (AvgIpc) is 3.46. The number of aromatic nitrogens is 2. The number of nitrogens with one attached hydrogen (secondary N) is 2. The molecule has 5 rings (SSSR count). The number of methoxy groups -OCH3 is 1. The number of hydrogen-bond donors (Lipinski definition) is 2. The predicted octanol–water partition coefficient (Wildman–Crippen LogP) is 5.50. The summed E-state index contributed by atoms with van der Waals surface area (Å²) in [6.07, 6.45) is 2.09. The Morgan fingerprint density at radius 3 is 2.58 bits per heavy atom. The summed E-state index contributed by atoms with van der Waals surface area (Å²) in [5.41, 5.74) is 5.98. The van der Waals surface area contributed by atoms with Gasteiger partial charge in [0.15, 0.2) is 5.11 Å². The predicted molar refractivity (Wildman–Crippen MR) is 154 cm³/mol. The number of aryl methyl sites for hydroxylation is 2. The van der Waals surface area contributed by atoms with E-state index in [4.69, 9.17) is 17.0 Å². The van der Waals surface area contributed by atoms with Crippen LogP contribution in [0.1, 0.15) is 41.1 Å². The minimum Gasteiger partial charge on any atom is -0.497 e. The number of amides is 1. The smallest absolute Gasteiger partial charge is 0.226 e. The lowest BCUT2D eigenvalue weighted by Gasteiger charge is -2.29. The maximum absolute atomic E-state index is 12.9. The van der Waals surface area contributed by atoms with Crippen molar-refractivity contribution in [1.29, 1.82) is 0 Å². The molecule has 0 aliphatic carbocycles. The molecule has 0 saturated carbocycles. The molecule has 7 nitrogen and oxygen atoms in total. The Hall–Kier alpha value is -4.17. The molecule has 2 N–H and O–H groups in total. The molecule has 0 unspecified atom stereocenters. The van der Waals surface area contributed by atoms with E-state index < -0.39 is 0 Å². The van der Waals surface area contributed by atoms with E-state index in [9.17, 15) is 4.79 Å². The van der Waals surface area contributed by atoms with Crippen LogP contribution in [0.25, 0.3) is 5.69 Å². The molecule has 0 bridgehead atoms. The highest BCUT2D eigenvalue weighted by Crippen LogP contribution is 2.40. The molecule has 8 heteroatoms. The Bertz CT molecular complexity index is 1430. The Labute approximate surface area is 228 Å². The molecule has 2 aromatic heterocycles. The molecular weight excluding hydrogens is 494 g/mol. The molecule has 3 heterocycles. The summed E-state index contributed by atoms with van der Waals surface area (Å²) >= 11 is 5.82. The maximum Gasteiger partial charge on any atom is 0.226 e. The highest BCUT2D eigenvalue weighted by Gasteiger charge is 2.41. The average molecular weight is 526 g/mol. The topological polar surface area (TPSA) is 71.4 Å². The van der Waals surface area contributed by atoms with Crippen LogP contribution in [0.3, 0.4) is 0 Å². The molecule has 0 radical (unpaired) electrons. The fourth-order valence-electron chi connectivity index (χ4n) is 5.01. The van der Waals surface area contributed by atoms with Crippen molar-refractivity contribution in [3.63, 3.8) is 0 Å². The zero-order valence-corrected chi connectivity index (χ0v) is 22.5. The summed E-state index contributed by atoms with van der Waals surface area (Å²) in [7, 11) is 1.66. The molecule has 1 aliphatic heterocycles. The summed E-state index contributed by atoms with van der Waals surface area (Å²) in [6, 6.07) is 25.6. The van der Waals surface area contributed by atoms with E-state index >= 15 is 0 Å². The lowest BCUT2D eigenvalue weighted by molar-refractivity contribution is -0.116. The van der Waals surface area contributed by atoms with Crippen LogP contribution in [0.4, 0.5) is 5.69 Å². The lowest BCUT2D eigenvalue weighted by atomic mass is 10.0. The number of rotatable bonds is 8. The molecule has 1 aliphatic rings. The number of pyridine rings is 1. The number of nitrogens with zero attached hydrogens (tertiary/aromatic N) is 3. The van der Waals surface area contributed by atoms with Gasteiger partial charge in [0.05, 0.1) is 24.9 Å². The first-order valence-corrected chi connectivity index (χ1v) is 13.0. The summed E-state index contributed by atoms with van der Waals surface area (Å²) in [5, 5.41) is 7.10. The first kappa shape index (κ1) is 25.5. The van der Waals surface area contributed by atoms with E-state index in [-0.39, 0.29) is 18.0 Å². The number of benzene rings is 2. The van der Waals surface area contributed by atoms with Crippen molar-refractivity contribution in [1.82, 2.24) is 19.8 Å². The van der Waals surface area contributed by atoms with Crippen LogP contribution in [0.5, 0.6) is 5.75 Å². The molecule has 4 aromatic rings. The van der Waals surface area contributed by atoms with Crippen LogP contribution in [0, 0.1) is 13.8 Å². The van der Waals surface area contributed by atoms with Crippen molar-refractivity contribution in [2.75, 3.05) is 19.0 Å². The first-order valence-electron chi connectivity index (χ1n) is 12.6. The molecule has 2 aromatic carbocycles. The van der Waals surface area contributed by atoms with Crippen LogP contribution in [0.2, 0.25) is 0 Å². The zero-order valence-electron chi connectivity index (χ0n) is 21.7. The van der Waals surface area contributed by atoms with Gasteiger partial charge in [-0.15, -0.1) is 0 Å². The van der Waals surface area contributed by atoms with Crippen LogP contribution in [-0.2, 0) is 4.79 Å². The molecule has 1 saturated heterocycles. The van der Waals surface area contributed by atoms with E-state index in [1.165, 1.54) is 0 Å². The molecule has 2 atom stereocenters. The van der Waals surface area contributed by atoms with E-state index in [2.05, 4.69) is 44.1 Å². The van der Waals surface area contributed by atoms with Gasteiger partial charge in [-0.1, -0.05) is 18.2 Å². The van der Waals surface area contributed by atoms with Gasteiger partial charge in [-0.3, -0.25) is 9.78 Å². The third-order valence-electron chi connectivity index (χ3n) is 6.82. The highest BCUT2D eigenvalue weighted by molar-refractivity contribution is 7.80. The van der Waals surface area contributed by atoms with Crippen LogP contribution in [-0.4, -0.2) is 39.1 Å². The zero-order chi connectivity index (χ0) is 26.6. The highest BCUT2D eigenvalue weighted by atomic mass is 32.1. The standard InChI is InChI=1S/C30H31N5O2S/c1-20-7-6-8-22(19-20)32-27(36)16-18-34-29(28(33-30(34)38)25-9-4-5-17-31-25)26-15-10-21(2)35(26)23-11-13-24(37-3)14-12-23/h4-15,17,19,28-29H,16,18H2,1-3H3,(H,32,36)(H,33,38)/t28-,29-/m1/s1. The summed E-state index contributed by atoms with van der Waals surface area (Å²) < 4.78 is 7.60. The number of carbonyl (C=O) groups is 1. The maximum atomic E-state index is 12.9. The van der Waals surface area contributed by atoms with Crippen molar-refractivity contribution in [3.8, 4) is 11.4 Å². The van der Waals surface area contributed by atoms with Gasteiger partial charge in [0.1, 0.15) is 5.75 Å². The molecule has 38 heavy (non-hydrogen) atoms. The largest absolute Gasteiger partial charge is 0.497 e. The lowest BCUT2D eigenvalue weighted by Crippen LogP contribution is -2.33. The second-order valence-electron chi connectivity index (χ2n) is 9.42. The number of ether oxygens (including phenoxy) is 1. The van der Waals surface area contributed by atoms with Gasteiger partial charge in [0.25, 0.3) is 0 Å². The van der Waals surface area contributed by atoms with Crippen LogP contribution < -0.4 is 15.4 Å². The fourth-order valence-corrected chi connectivity index (χ4v) is 5.34. The monoisotopic (exact) mass is 525 g/mol. The van der Waals surface area contributed by atoms with Gasteiger partial charge in [-0.05, 0) is 92.3 Å². The summed E-state index contributed by atoms with van der Waals surface area (Å²) in [4.78, 5) is 19.7. The SMILES string of the molecule is COc1ccc(-n2c(C)ccc2[C@@H]2[C@@H](c3ccccn3)NC(=S)N2CCC(=O)Nc2cccc(C)c2)cc1. The fraction of sp³-hybridized carbons (Fsp3) is 0.233. The Morgan fingerprint density at radius 2 is 1.87 bits per heavy atom. The van der Waals surface area contributed by atoms with E-state index in [0.717, 1.165) is 39.8 Å². The number of anilines is 1. The second-order valence-corrected chi connectivity index (χ2v) is 9.81. The Balaban J connectivity index is 1.47. The first-order chi connectivity index (χ1) is 18.4. The molecule has 194 valence electrons. The second kappa shape index (κ2) is 11.1. The third-order valence-corrected chi connectivity index (χ3v) is 7.17. The summed E-state index contributed by atoms with van der Waals surface area (Å²) in [5.74, 6) is 0.747. The van der Waals surface area contributed by atoms with Crippen molar-refractivity contribution >= 4 is 28.9 Å². The van der Waals surface area contributed by atoms with Gasteiger partial charge in [-0.2, -0.15) is 0 Å². The third kappa shape index (κ3) is 5.26. The van der Waals surface area contributed by atoms with Gasteiger partial charge < -0.3 is 24.8 Å². The normalized spacial score (nSPS) is 16.8. The number of thiocarbonyl (C=S) groups is 1. The van der Waals surface area contributed by atoms with Gasteiger partial charge in [-0.25, -0.2) is 0 Å². The minimum absolute atomic E-state index is 0.0554. The minimum atomic E-state index is -0.171. The Morgan fingerprint density at radius 1 is 1.05 bits per heavy atom. The number of hydrogen-bond acceptors (Lipinski definition) is 4. The molecular formula is C30H31N5O2S. The van der Waals surface area contributed by atoms with Gasteiger partial charge >= 0.3 is 0 Å². The van der Waals surface area contributed by atoms with E-state index in [0.29, 0.717) is 18.1 Å². The molecule has 0 spiro atoms. The molecule has 1 amide bonds.